The smallest absolute Gasteiger partial charge is 0.145 e. The molecule has 5 nitrogen and oxygen atoms in total. The van der Waals surface area contributed by atoms with Crippen molar-refractivity contribution in [2.24, 2.45) is 0 Å². The van der Waals surface area contributed by atoms with Gasteiger partial charge in [0.15, 0.2) is 0 Å². The highest BCUT2D eigenvalue weighted by Gasteiger charge is 2.08. The molecular formula is C12H10N4O. The Morgan fingerprint density at radius 3 is 2.24 bits per heavy atom. The summed E-state index contributed by atoms with van der Waals surface area (Å²) in [5.41, 5.74) is 8.15. The molecule has 0 amide bonds. The first-order chi connectivity index (χ1) is 8.24. The van der Waals surface area contributed by atoms with Gasteiger partial charge in [0, 0.05) is 11.8 Å². The van der Waals surface area contributed by atoms with Crippen LogP contribution >= 0.6 is 0 Å². The first-order valence-corrected chi connectivity index (χ1v) is 5.15. The number of fused-ring (bicyclic) bond motifs is 1. The number of nitrogens with two attached hydrogens (primary N) is 1. The van der Waals surface area contributed by atoms with Gasteiger partial charge in [-0.25, -0.2) is 0 Å². The highest BCUT2D eigenvalue weighted by Crippen LogP contribution is 2.23. The summed E-state index contributed by atoms with van der Waals surface area (Å²) in [6.07, 6.45) is 0. The number of nitrogen functional groups attached to an aromatic ring is 1. The van der Waals surface area contributed by atoms with E-state index in [0.717, 1.165) is 11.0 Å². The van der Waals surface area contributed by atoms with Crippen molar-refractivity contribution in [3.63, 3.8) is 0 Å². The molecular weight excluding hydrogens is 216 g/mol. The molecule has 1 aromatic heterocycles. The predicted octanol–water partition coefficient (Wildman–Crippen LogP) is 1.71. The molecule has 0 aliphatic heterocycles. The monoisotopic (exact) mass is 226 g/mol. The Morgan fingerprint density at radius 2 is 1.65 bits per heavy atom. The van der Waals surface area contributed by atoms with Crippen molar-refractivity contribution >= 4 is 16.7 Å². The van der Waals surface area contributed by atoms with E-state index in [1.807, 2.05) is 24.3 Å². The molecule has 0 spiro atoms. The van der Waals surface area contributed by atoms with Gasteiger partial charge in [0.05, 0.1) is 0 Å². The summed E-state index contributed by atoms with van der Waals surface area (Å²) < 4.78 is 0. The molecule has 0 saturated heterocycles. The van der Waals surface area contributed by atoms with Crippen molar-refractivity contribution in [1.29, 1.82) is 0 Å². The minimum absolute atomic E-state index is 0.0605. The van der Waals surface area contributed by atoms with Crippen LogP contribution in [0.3, 0.4) is 0 Å². The minimum atomic E-state index is 0.0605. The molecule has 0 unspecified atom stereocenters. The maximum absolute atomic E-state index is 9.79. The predicted molar refractivity (Wildman–Crippen MR) is 64.9 cm³/mol. The molecule has 3 N–H and O–H groups in total. The fraction of sp³-hybridized carbons (Fsp3) is 0. The minimum Gasteiger partial charge on any atom is -0.506 e. The van der Waals surface area contributed by atoms with E-state index in [4.69, 9.17) is 5.73 Å². The van der Waals surface area contributed by atoms with Crippen molar-refractivity contribution in [2.75, 3.05) is 5.73 Å². The van der Waals surface area contributed by atoms with Crippen LogP contribution in [0, 0.1) is 0 Å². The summed E-state index contributed by atoms with van der Waals surface area (Å²) >= 11 is 0. The number of hydrogen-bond acceptors (Lipinski definition) is 4. The third kappa shape index (κ3) is 1.57. The van der Waals surface area contributed by atoms with Crippen LogP contribution in [0.4, 0.5) is 5.69 Å². The van der Waals surface area contributed by atoms with Gasteiger partial charge in [0.2, 0.25) is 0 Å². The summed E-state index contributed by atoms with van der Waals surface area (Å²) in [7, 11) is 0. The summed E-state index contributed by atoms with van der Waals surface area (Å²) in [5, 5.41) is 18.3. The van der Waals surface area contributed by atoms with Gasteiger partial charge >= 0.3 is 0 Å². The fourth-order valence-corrected chi connectivity index (χ4v) is 1.68. The number of anilines is 1. The molecule has 0 aliphatic carbocycles. The SMILES string of the molecule is Nc1ccc(-n2nc3ccccc3n2)c(O)c1. The van der Waals surface area contributed by atoms with Crippen LogP contribution < -0.4 is 5.73 Å². The van der Waals surface area contributed by atoms with Crippen molar-refractivity contribution in [3.8, 4) is 11.4 Å². The molecule has 0 radical (unpaired) electrons. The molecule has 0 saturated carbocycles. The van der Waals surface area contributed by atoms with Crippen LogP contribution in [0.25, 0.3) is 16.7 Å². The van der Waals surface area contributed by atoms with Crippen molar-refractivity contribution in [1.82, 2.24) is 15.0 Å². The fourth-order valence-electron chi connectivity index (χ4n) is 1.68. The molecule has 17 heavy (non-hydrogen) atoms. The zero-order valence-corrected chi connectivity index (χ0v) is 8.91. The largest absolute Gasteiger partial charge is 0.506 e. The number of benzene rings is 2. The third-order valence-corrected chi connectivity index (χ3v) is 2.50. The van der Waals surface area contributed by atoms with Gasteiger partial charge in [-0.2, -0.15) is 0 Å². The normalized spacial score (nSPS) is 10.8. The lowest BCUT2D eigenvalue weighted by Crippen LogP contribution is -1.99. The molecule has 0 bridgehead atoms. The molecule has 0 atom stereocenters. The summed E-state index contributed by atoms with van der Waals surface area (Å²) in [6.45, 7) is 0. The molecule has 0 aliphatic rings. The second-order valence-corrected chi connectivity index (χ2v) is 3.73. The van der Waals surface area contributed by atoms with E-state index in [1.54, 1.807) is 12.1 Å². The van der Waals surface area contributed by atoms with E-state index < -0.39 is 0 Å². The van der Waals surface area contributed by atoms with Crippen molar-refractivity contribution in [2.45, 2.75) is 0 Å². The summed E-state index contributed by atoms with van der Waals surface area (Å²) in [6, 6.07) is 12.4. The first-order valence-electron chi connectivity index (χ1n) is 5.15. The molecule has 3 rings (SSSR count). The second-order valence-electron chi connectivity index (χ2n) is 3.73. The number of aromatic nitrogens is 3. The maximum Gasteiger partial charge on any atom is 0.145 e. The van der Waals surface area contributed by atoms with Gasteiger partial charge in [0.25, 0.3) is 0 Å². The number of phenols is 1. The topological polar surface area (TPSA) is 77.0 Å². The van der Waals surface area contributed by atoms with Crippen LogP contribution in [-0.2, 0) is 0 Å². The standard InChI is InChI=1S/C12H10N4O/c13-8-5-6-11(12(17)7-8)16-14-9-3-1-2-4-10(9)15-16/h1-7,17H,13H2. The number of aromatic hydroxyl groups is 1. The van der Waals surface area contributed by atoms with Gasteiger partial charge < -0.3 is 10.8 Å². The van der Waals surface area contributed by atoms with Crippen LogP contribution in [-0.4, -0.2) is 20.1 Å². The van der Waals surface area contributed by atoms with Gasteiger partial charge in [-0.15, -0.1) is 15.0 Å². The second kappa shape index (κ2) is 3.48. The molecule has 3 aromatic rings. The van der Waals surface area contributed by atoms with Crippen LogP contribution in [0.2, 0.25) is 0 Å². The maximum atomic E-state index is 9.79. The van der Waals surface area contributed by atoms with Crippen LogP contribution in [0.1, 0.15) is 0 Å². The highest BCUT2D eigenvalue weighted by molar-refractivity contribution is 5.73. The van der Waals surface area contributed by atoms with Crippen LogP contribution in [0.15, 0.2) is 42.5 Å². The van der Waals surface area contributed by atoms with E-state index >= 15 is 0 Å². The Balaban J connectivity index is 2.20. The summed E-state index contributed by atoms with van der Waals surface area (Å²) in [4.78, 5) is 1.40. The average Bonchev–Trinajstić information content (AvgIpc) is 2.72. The lowest BCUT2D eigenvalue weighted by Gasteiger charge is -2.02. The Kier molecular flexibility index (Phi) is 1.98. The molecule has 84 valence electrons. The van der Waals surface area contributed by atoms with Gasteiger partial charge in [0.1, 0.15) is 22.5 Å². The summed E-state index contributed by atoms with van der Waals surface area (Å²) in [5.74, 6) is 0.0605. The Morgan fingerprint density at radius 1 is 1.00 bits per heavy atom. The molecule has 2 aromatic carbocycles. The third-order valence-electron chi connectivity index (χ3n) is 2.50. The van der Waals surface area contributed by atoms with Gasteiger partial charge in [-0.05, 0) is 24.3 Å². The number of nitrogens with zero attached hydrogens (tertiary/aromatic N) is 3. The van der Waals surface area contributed by atoms with Gasteiger partial charge in [-0.3, -0.25) is 0 Å². The van der Waals surface area contributed by atoms with Crippen molar-refractivity contribution < 1.29 is 5.11 Å². The van der Waals surface area contributed by atoms with E-state index in [2.05, 4.69) is 10.2 Å². The van der Waals surface area contributed by atoms with Crippen molar-refractivity contribution in [3.05, 3.63) is 42.5 Å². The zero-order chi connectivity index (χ0) is 11.8. The van der Waals surface area contributed by atoms with E-state index in [0.29, 0.717) is 11.4 Å². The van der Waals surface area contributed by atoms with E-state index in [1.165, 1.54) is 10.9 Å². The highest BCUT2D eigenvalue weighted by atomic mass is 16.3. The van der Waals surface area contributed by atoms with E-state index in [-0.39, 0.29) is 5.75 Å². The molecule has 0 fully saturated rings. The lowest BCUT2D eigenvalue weighted by atomic mass is 10.2. The Labute approximate surface area is 97.1 Å². The zero-order valence-electron chi connectivity index (χ0n) is 8.91. The van der Waals surface area contributed by atoms with Crippen LogP contribution in [0.5, 0.6) is 5.75 Å². The first kappa shape index (κ1) is 9.65. The Hall–Kier alpha value is -2.56. The molecule has 1 heterocycles. The average molecular weight is 226 g/mol. The lowest BCUT2D eigenvalue weighted by molar-refractivity contribution is 0.468. The van der Waals surface area contributed by atoms with Gasteiger partial charge in [-0.1, -0.05) is 12.1 Å². The van der Waals surface area contributed by atoms with E-state index in [9.17, 15) is 5.11 Å². The number of phenolic OH excluding ortho intramolecular Hbond substituents is 1. The molecule has 5 heteroatoms. The Bertz CT molecular complexity index is 657. The number of rotatable bonds is 1. The number of hydrogen-bond donors (Lipinski definition) is 2. The quantitative estimate of drug-likeness (QED) is 0.619.